The van der Waals surface area contributed by atoms with Crippen molar-refractivity contribution in [2.24, 2.45) is 15.6 Å². The van der Waals surface area contributed by atoms with E-state index in [1.807, 2.05) is 12.2 Å². The van der Waals surface area contributed by atoms with Crippen molar-refractivity contribution in [1.82, 2.24) is 0 Å². The van der Waals surface area contributed by atoms with Crippen molar-refractivity contribution in [2.45, 2.75) is 13.3 Å². The molecule has 1 atom stereocenters. The number of rotatable bonds is 0. The van der Waals surface area contributed by atoms with E-state index in [9.17, 15) is 0 Å². The van der Waals surface area contributed by atoms with Gasteiger partial charge in [0.05, 0.1) is 5.71 Å². The van der Waals surface area contributed by atoms with Crippen LogP contribution in [-0.4, -0.2) is 23.7 Å². The first-order valence-electron chi connectivity index (χ1n) is 4.29. The van der Waals surface area contributed by atoms with Gasteiger partial charge in [-0.05, 0) is 18.6 Å². The van der Waals surface area contributed by atoms with E-state index in [2.05, 4.69) is 23.1 Å². The lowest BCUT2D eigenvalue weighted by atomic mass is 10.1. The molecule has 3 heteroatoms. The molecule has 0 aliphatic heterocycles. The van der Waals surface area contributed by atoms with E-state index in [0.29, 0.717) is 5.71 Å². The lowest BCUT2D eigenvalue weighted by Crippen LogP contribution is -2.08. The SMILES string of the molecule is CN=C1C=C[C@]2(C)CC2=CC1=NO. The van der Waals surface area contributed by atoms with Crippen molar-refractivity contribution in [3.63, 3.8) is 0 Å². The molecule has 0 aromatic rings. The Kier molecular flexibility index (Phi) is 1.62. The minimum atomic E-state index is 0.197. The fourth-order valence-electron chi connectivity index (χ4n) is 1.59. The van der Waals surface area contributed by atoms with E-state index >= 15 is 0 Å². The highest BCUT2D eigenvalue weighted by molar-refractivity contribution is 6.50. The molecule has 0 radical (unpaired) electrons. The molecule has 68 valence electrons. The Morgan fingerprint density at radius 3 is 2.85 bits per heavy atom. The summed E-state index contributed by atoms with van der Waals surface area (Å²) in [5, 5.41) is 12.0. The summed E-state index contributed by atoms with van der Waals surface area (Å²) in [4.78, 5) is 4.04. The number of hydrogen-bond donors (Lipinski definition) is 1. The zero-order valence-electron chi connectivity index (χ0n) is 7.78. The van der Waals surface area contributed by atoms with Crippen LogP contribution in [0, 0.1) is 5.41 Å². The van der Waals surface area contributed by atoms with Crippen LogP contribution in [0.1, 0.15) is 13.3 Å². The molecule has 2 aliphatic rings. The van der Waals surface area contributed by atoms with Crippen LogP contribution in [0.4, 0.5) is 0 Å². The molecule has 0 bridgehead atoms. The third-order valence-electron chi connectivity index (χ3n) is 2.70. The van der Waals surface area contributed by atoms with Gasteiger partial charge in [0.2, 0.25) is 0 Å². The number of hydrogen-bond acceptors (Lipinski definition) is 3. The molecule has 3 nitrogen and oxygen atoms in total. The number of fused-ring (bicyclic) bond motifs is 1. The first-order valence-corrected chi connectivity index (χ1v) is 4.29. The maximum absolute atomic E-state index is 8.77. The van der Waals surface area contributed by atoms with Gasteiger partial charge in [0.1, 0.15) is 5.71 Å². The highest BCUT2D eigenvalue weighted by atomic mass is 16.4. The molecule has 0 aromatic carbocycles. The molecule has 1 N–H and O–H groups in total. The summed E-state index contributed by atoms with van der Waals surface area (Å²) < 4.78 is 0. The molecule has 13 heavy (non-hydrogen) atoms. The zero-order chi connectivity index (χ0) is 9.47. The number of oxime groups is 1. The predicted octanol–water partition coefficient (Wildman–Crippen LogP) is 1.79. The third kappa shape index (κ3) is 1.20. The van der Waals surface area contributed by atoms with E-state index < -0.39 is 0 Å². The highest BCUT2D eigenvalue weighted by Crippen LogP contribution is 2.53. The molecule has 1 fully saturated rings. The van der Waals surface area contributed by atoms with Crippen LogP contribution in [0.15, 0.2) is 33.9 Å². The second-order valence-corrected chi connectivity index (χ2v) is 3.69. The van der Waals surface area contributed by atoms with Gasteiger partial charge < -0.3 is 5.21 Å². The van der Waals surface area contributed by atoms with Crippen LogP contribution >= 0.6 is 0 Å². The van der Waals surface area contributed by atoms with E-state index in [1.165, 1.54) is 5.57 Å². The quantitative estimate of drug-likeness (QED) is 0.444. The van der Waals surface area contributed by atoms with Gasteiger partial charge in [-0.15, -0.1) is 0 Å². The average Bonchev–Trinajstić information content (AvgIpc) is 2.76. The second kappa shape index (κ2) is 2.55. The lowest BCUT2D eigenvalue weighted by Gasteiger charge is -1.96. The Hall–Kier alpha value is -1.38. The Morgan fingerprint density at radius 2 is 2.23 bits per heavy atom. The third-order valence-corrected chi connectivity index (χ3v) is 2.70. The molecule has 2 aliphatic carbocycles. The Bertz CT molecular complexity index is 363. The summed E-state index contributed by atoms with van der Waals surface area (Å²) in [7, 11) is 1.70. The van der Waals surface area contributed by atoms with Crippen molar-refractivity contribution >= 4 is 11.4 Å². The molecule has 0 unspecified atom stereocenters. The van der Waals surface area contributed by atoms with Gasteiger partial charge in [-0.1, -0.05) is 23.7 Å². The van der Waals surface area contributed by atoms with Gasteiger partial charge in [0.15, 0.2) is 0 Å². The molecule has 0 heterocycles. The maximum Gasteiger partial charge on any atom is 0.127 e. The summed E-state index contributed by atoms with van der Waals surface area (Å²) >= 11 is 0. The first-order chi connectivity index (χ1) is 6.19. The van der Waals surface area contributed by atoms with Crippen LogP contribution in [0.5, 0.6) is 0 Å². The fourth-order valence-corrected chi connectivity index (χ4v) is 1.59. The van der Waals surface area contributed by atoms with Crippen molar-refractivity contribution in [2.75, 3.05) is 7.05 Å². The maximum atomic E-state index is 8.77. The van der Waals surface area contributed by atoms with E-state index in [0.717, 1.165) is 12.1 Å². The topological polar surface area (TPSA) is 45.0 Å². The zero-order valence-corrected chi connectivity index (χ0v) is 7.78. The van der Waals surface area contributed by atoms with Gasteiger partial charge >= 0.3 is 0 Å². The minimum Gasteiger partial charge on any atom is -0.410 e. The number of aliphatic imine (C=N–C) groups is 1. The summed E-state index contributed by atoms with van der Waals surface area (Å²) in [6.45, 7) is 2.17. The van der Waals surface area contributed by atoms with Gasteiger partial charge in [0, 0.05) is 12.5 Å². The minimum absolute atomic E-state index is 0.197. The van der Waals surface area contributed by atoms with Crippen LogP contribution in [0.2, 0.25) is 0 Å². The Balaban J connectivity index is 2.46. The largest absolute Gasteiger partial charge is 0.410 e. The molecule has 0 saturated heterocycles. The van der Waals surface area contributed by atoms with Crippen molar-refractivity contribution in [1.29, 1.82) is 0 Å². The molecule has 0 amide bonds. The lowest BCUT2D eigenvalue weighted by molar-refractivity contribution is 0.320. The van der Waals surface area contributed by atoms with Crippen LogP contribution in [0.25, 0.3) is 0 Å². The normalized spacial score (nSPS) is 37.2. The first kappa shape index (κ1) is 8.23. The molecule has 2 rings (SSSR count). The van der Waals surface area contributed by atoms with E-state index in [4.69, 9.17) is 5.21 Å². The smallest absolute Gasteiger partial charge is 0.127 e. The summed E-state index contributed by atoms with van der Waals surface area (Å²) in [6, 6.07) is 0. The summed E-state index contributed by atoms with van der Waals surface area (Å²) in [6.07, 6.45) is 7.03. The molecule has 0 aromatic heterocycles. The molecule has 1 saturated carbocycles. The van der Waals surface area contributed by atoms with Crippen LogP contribution < -0.4 is 0 Å². The Morgan fingerprint density at radius 1 is 1.46 bits per heavy atom. The van der Waals surface area contributed by atoms with Gasteiger partial charge in [-0.3, -0.25) is 4.99 Å². The second-order valence-electron chi connectivity index (χ2n) is 3.69. The predicted molar refractivity (Wildman–Crippen MR) is 52.5 cm³/mol. The monoisotopic (exact) mass is 176 g/mol. The molecule has 0 spiro atoms. The molecular formula is C10H12N2O. The molecular weight excluding hydrogens is 164 g/mol. The number of allylic oxidation sites excluding steroid dienone is 4. The van der Waals surface area contributed by atoms with Gasteiger partial charge in [0.25, 0.3) is 0 Å². The van der Waals surface area contributed by atoms with E-state index in [-0.39, 0.29) is 5.41 Å². The van der Waals surface area contributed by atoms with Crippen molar-refractivity contribution in [3.05, 3.63) is 23.8 Å². The van der Waals surface area contributed by atoms with Crippen molar-refractivity contribution < 1.29 is 5.21 Å². The standard InChI is InChI=1S/C10H12N2O/c1-10-4-3-8(11-2)9(12-13)5-7(10)6-10/h3-5,13H,6H2,1-2H3/t10-/m1/s1. The summed E-state index contributed by atoms with van der Waals surface area (Å²) in [5.74, 6) is 0. The van der Waals surface area contributed by atoms with Crippen LogP contribution in [-0.2, 0) is 0 Å². The number of nitrogens with zero attached hydrogens (tertiary/aromatic N) is 2. The Labute approximate surface area is 77.2 Å². The van der Waals surface area contributed by atoms with Gasteiger partial charge in [-0.25, -0.2) is 0 Å². The van der Waals surface area contributed by atoms with Crippen molar-refractivity contribution in [3.8, 4) is 0 Å². The fraction of sp³-hybridized carbons (Fsp3) is 0.400. The summed E-state index contributed by atoms with van der Waals surface area (Å²) in [5.41, 5.74) is 2.82. The van der Waals surface area contributed by atoms with E-state index in [1.54, 1.807) is 7.05 Å². The highest BCUT2D eigenvalue weighted by Gasteiger charge is 2.43. The average molecular weight is 176 g/mol. The van der Waals surface area contributed by atoms with Gasteiger partial charge in [-0.2, -0.15) is 0 Å². The van der Waals surface area contributed by atoms with Crippen LogP contribution in [0.3, 0.4) is 0 Å².